The van der Waals surface area contributed by atoms with E-state index in [1.54, 1.807) is 115 Å². The van der Waals surface area contributed by atoms with Gasteiger partial charge in [-0.15, -0.1) is 0 Å². The number of para-hydroxylation sites is 1. The summed E-state index contributed by atoms with van der Waals surface area (Å²) in [5.74, 6) is -5.21. The van der Waals surface area contributed by atoms with Crippen molar-refractivity contribution >= 4 is 92.7 Å². The number of nitrogens with zero attached hydrogens (tertiary/aromatic N) is 2. The summed E-state index contributed by atoms with van der Waals surface area (Å²) >= 11 is 1.57. The van der Waals surface area contributed by atoms with Crippen LogP contribution in [0, 0.1) is 11.3 Å². The number of H-pyrrole nitrogens is 2. The number of aliphatic hydroxyl groups excluding tert-OH is 1. The number of phenolic OH excluding ortho intramolecular Hbond substituents is 1. The predicted octanol–water partition coefficient (Wildman–Crippen LogP) is 3.57. The maximum atomic E-state index is 15.5. The van der Waals surface area contributed by atoms with Crippen LogP contribution in [0.1, 0.15) is 110 Å². The highest BCUT2D eigenvalue weighted by Gasteiger charge is 2.41. The van der Waals surface area contributed by atoms with E-state index in [0.29, 0.717) is 53.0 Å². The number of rotatable bonds is 27. The lowest BCUT2D eigenvalue weighted by Crippen LogP contribution is -2.62. The highest BCUT2D eigenvalue weighted by atomic mass is 32.2. The number of aromatic nitrogens is 3. The fraction of sp³-hybridized carbons (Fsp3) is 0.430. The minimum Gasteiger partial charge on any atom is -0.508 e. The van der Waals surface area contributed by atoms with Crippen LogP contribution in [0.5, 0.6) is 5.75 Å². The van der Waals surface area contributed by atoms with Gasteiger partial charge in [0.2, 0.25) is 53.2 Å². The van der Waals surface area contributed by atoms with Gasteiger partial charge in [0.15, 0.2) is 5.96 Å². The molecule has 29 nitrogen and oxygen atoms in total. The van der Waals surface area contributed by atoms with Crippen LogP contribution < -0.4 is 70.0 Å². The molecule has 11 rings (SSSR count). The molecule has 0 radical (unpaired) electrons. The SMILES string of the molecule is C[C@@H](O)[C@@H]1NC(=O)[C@H](CCCCN)NC(=O)[C@@H](Cc2c[nH]c3ccccc23)NC(=O)[C@H](Cc2ccncc2)NC(=O)[C@H](Cc2ccccc2)NC(=O)[C@H](CCCNC(=N)N)NC(=O)[C@H](NC[C@H](Cc2ccc(O)cc2)NC(=O)CSC[C@@H]2C[C@@H]3c4cccc5[nH]cc(c45)C[C@H]3N(C)C2)CCCCNC(=O)[C@H](Cc2ccccc2)NC1=O. The number of benzene rings is 5. The fourth-order valence-corrected chi connectivity index (χ4v) is 16.9. The Morgan fingerprint density at radius 3 is 1.87 bits per heavy atom. The van der Waals surface area contributed by atoms with Crippen molar-refractivity contribution in [2.75, 3.05) is 51.3 Å². The van der Waals surface area contributed by atoms with Gasteiger partial charge >= 0.3 is 0 Å². The van der Waals surface area contributed by atoms with Gasteiger partial charge < -0.3 is 95.0 Å². The average molecular weight is 1600 g/mol. The third-order valence-electron chi connectivity index (χ3n) is 22.0. The second kappa shape index (κ2) is 42.4. The third kappa shape index (κ3) is 24.4. The molecule has 616 valence electrons. The molecule has 0 bridgehead atoms. The Hall–Kier alpha value is -11.2. The maximum absolute atomic E-state index is 15.5. The summed E-state index contributed by atoms with van der Waals surface area (Å²) in [4.78, 5) is 149. The first-order chi connectivity index (χ1) is 56.1. The highest BCUT2D eigenvalue weighted by Crippen LogP contribution is 2.45. The van der Waals surface area contributed by atoms with Gasteiger partial charge in [-0.2, -0.15) is 11.8 Å². The second-order valence-electron chi connectivity index (χ2n) is 30.8. The molecule has 13 atom stereocenters. The van der Waals surface area contributed by atoms with Crippen LogP contribution in [0.25, 0.3) is 21.8 Å². The molecular weight excluding hydrogens is 1490 g/mol. The normalized spacial score (nSPS) is 23.1. The number of nitrogens with one attached hydrogen (secondary N) is 14. The summed E-state index contributed by atoms with van der Waals surface area (Å²) in [6, 6.07) is 30.2. The van der Waals surface area contributed by atoms with Gasteiger partial charge in [-0.25, -0.2) is 0 Å². The van der Waals surface area contributed by atoms with E-state index in [1.165, 1.54) is 35.8 Å². The topological polar surface area (TPSA) is 450 Å². The van der Waals surface area contributed by atoms with Crippen LogP contribution in [0.4, 0.5) is 0 Å². The molecule has 2 aliphatic heterocycles. The largest absolute Gasteiger partial charge is 0.508 e. The molecule has 8 aromatic rings. The number of hydrogen-bond donors (Lipinski definition) is 18. The number of thioether (sulfide) groups is 1. The van der Waals surface area contributed by atoms with Gasteiger partial charge in [0.05, 0.1) is 17.9 Å². The molecule has 116 heavy (non-hydrogen) atoms. The van der Waals surface area contributed by atoms with Gasteiger partial charge in [-0.05, 0) is 178 Å². The van der Waals surface area contributed by atoms with E-state index in [4.69, 9.17) is 16.9 Å². The van der Waals surface area contributed by atoms with E-state index in [1.807, 2.05) is 24.3 Å². The minimum absolute atomic E-state index is 0.00429. The zero-order valence-electron chi connectivity index (χ0n) is 65.7. The van der Waals surface area contributed by atoms with Crippen molar-refractivity contribution in [3.63, 3.8) is 0 Å². The number of likely N-dealkylation sites (N-methyl/N-ethyl adjacent to an activating group) is 1. The summed E-state index contributed by atoms with van der Waals surface area (Å²) in [7, 11) is 2.19. The molecule has 20 N–H and O–H groups in total. The lowest BCUT2D eigenvalue weighted by atomic mass is 9.73. The van der Waals surface area contributed by atoms with Crippen molar-refractivity contribution < 1.29 is 53.4 Å². The Bertz CT molecular complexity index is 4630. The van der Waals surface area contributed by atoms with Crippen molar-refractivity contribution in [2.24, 2.45) is 17.4 Å². The Morgan fingerprint density at radius 1 is 0.629 bits per heavy atom. The number of aromatic hydroxyl groups is 1. The third-order valence-corrected chi connectivity index (χ3v) is 23.1. The van der Waals surface area contributed by atoms with Crippen LogP contribution >= 0.6 is 11.8 Å². The van der Waals surface area contributed by atoms with Gasteiger partial charge in [0.25, 0.3) is 0 Å². The first-order valence-electron chi connectivity index (χ1n) is 40.2. The van der Waals surface area contributed by atoms with E-state index in [-0.39, 0.29) is 120 Å². The molecule has 3 aromatic heterocycles. The molecule has 2 fully saturated rings. The predicted molar refractivity (Wildman–Crippen MR) is 446 cm³/mol. The monoisotopic (exact) mass is 1600 g/mol. The molecule has 30 heteroatoms. The molecule has 2 saturated heterocycles. The number of guanidine groups is 1. The summed E-state index contributed by atoms with van der Waals surface area (Å²) in [5.41, 5.74) is 19.5. The Morgan fingerprint density at radius 2 is 1.21 bits per heavy atom. The molecule has 0 saturated carbocycles. The minimum atomic E-state index is -1.67. The maximum Gasteiger partial charge on any atom is 0.245 e. The Balaban J connectivity index is 0.903. The summed E-state index contributed by atoms with van der Waals surface area (Å²) in [6.07, 6.45) is 8.65. The smallest absolute Gasteiger partial charge is 0.245 e. The van der Waals surface area contributed by atoms with Crippen molar-refractivity contribution in [1.82, 2.24) is 78.3 Å². The van der Waals surface area contributed by atoms with Gasteiger partial charge in [-0.1, -0.05) is 103 Å². The van der Waals surface area contributed by atoms with E-state index in [2.05, 4.69) is 110 Å². The van der Waals surface area contributed by atoms with Crippen LogP contribution in [0.15, 0.2) is 164 Å². The number of piperidine rings is 1. The van der Waals surface area contributed by atoms with Crippen LogP contribution in [-0.4, -0.2) is 207 Å². The molecule has 0 unspecified atom stereocenters. The number of phenols is 1. The number of carbonyl (C=O) groups excluding carboxylic acids is 9. The number of nitrogens with two attached hydrogens (primary N) is 2. The number of pyridine rings is 1. The number of carbonyl (C=O) groups is 9. The number of likely N-dealkylation sites (tertiary alicyclic amines) is 1. The van der Waals surface area contributed by atoms with E-state index >= 15 is 24.0 Å². The summed E-state index contributed by atoms with van der Waals surface area (Å²) in [6.45, 7) is 2.61. The van der Waals surface area contributed by atoms with Crippen molar-refractivity contribution in [2.45, 2.75) is 176 Å². The second-order valence-corrected chi connectivity index (χ2v) is 31.8. The molecule has 3 aliphatic rings. The van der Waals surface area contributed by atoms with Crippen molar-refractivity contribution in [3.05, 3.63) is 203 Å². The number of unbranched alkanes of at least 4 members (excludes halogenated alkanes) is 1. The van der Waals surface area contributed by atoms with Crippen molar-refractivity contribution in [1.29, 1.82) is 5.41 Å². The lowest BCUT2D eigenvalue weighted by Gasteiger charge is -2.45. The zero-order chi connectivity index (χ0) is 82.0. The average Bonchev–Trinajstić information content (AvgIpc) is 1.50. The van der Waals surface area contributed by atoms with E-state index in [9.17, 15) is 29.4 Å². The lowest BCUT2D eigenvalue weighted by molar-refractivity contribution is -0.136. The first-order valence-corrected chi connectivity index (χ1v) is 41.3. The molecule has 1 aliphatic carbocycles. The zero-order valence-corrected chi connectivity index (χ0v) is 66.5. The van der Waals surface area contributed by atoms with Crippen LogP contribution in [0.2, 0.25) is 0 Å². The van der Waals surface area contributed by atoms with Gasteiger partial charge in [0, 0.05) is 116 Å². The number of hydrogen-bond acceptors (Lipinski definition) is 17. The first kappa shape index (κ1) is 85.7. The molecule has 5 heterocycles. The highest BCUT2D eigenvalue weighted by molar-refractivity contribution is 7.99. The molecular formula is C86H110N18O11S. The van der Waals surface area contributed by atoms with Crippen LogP contribution in [0.3, 0.4) is 0 Å². The Kier molecular flexibility index (Phi) is 31.4. The molecule has 0 spiro atoms. The summed E-state index contributed by atoms with van der Waals surface area (Å²) < 4.78 is 0. The standard InChI is InChI=1S/C86H110N18O11S/c1-52(105)77-85(115)102-70(41-53-17-5-3-6-18-53)78(108)91-35-14-12-24-67(95-48-60(39-55-28-30-61(106)31-29-55)96-75(107)51-116-50-57-40-64-63-22-15-26-66-76(63)59(47-94-66)45-74(64)104(2)49-57)79(109)97-69(27-16-36-92-86(88)89)80(110)99-71(42-54-19-7-4-8-20-54)82(112)100-72(43-56-32-37-90-38-33-56)83(113)101-73(44-58-46-93-65-23-10-9-21-62(58)65)84(114)98-68(81(111)103-77)25-11-13-34-87/h3-10,15,17-23,26,28-33,37-38,46-47,52,57,60,64,67-74,77,93-95,105-106H,11-14,16,24-25,27,34-36,39-45,48-51,87H2,1-2H3,(H,91,108)(H,96,107)(H,97,109)(H,98,114)(H,99,110)(H,100,112)(H,101,113)(H,102,115)(H,103,111)(H4,88,89,92)/t52-,57-,60+,64-,67-,68+,69+,70+,71+,72+,73-,74-,77+/m1/s1. The number of aromatic amines is 2. The molecule has 9 amide bonds. The fourth-order valence-electron chi connectivity index (χ4n) is 15.9. The molecule has 5 aromatic carbocycles. The number of fused-ring (bicyclic) bond motifs is 3. The van der Waals surface area contributed by atoms with Crippen molar-refractivity contribution in [3.8, 4) is 5.75 Å². The summed E-state index contributed by atoms with van der Waals surface area (Å²) in [5, 5.41) is 64.1. The van der Waals surface area contributed by atoms with Gasteiger partial charge in [-0.3, -0.25) is 53.5 Å². The van der Waals surface area contributed by atoms with Gasteiger partial charge in [0.1, 0.15) is 48.0 Å². The quantitative estimate of drug-likeness (QED) is 0.0199. The van der Waals surface area contributed by atoms with E-state index < -0.39 is 108 Å². The van der Waals surface area contributed by atoms with E-state index in [0.717, 1.165) is 47.1 Å². The number of amides is 9. The number of aliphatic hydroxyl groups is 1. The van der Waals surface area contributed by atoms with Crippen LogP contribution in [-0.2, 0) is 81.7 Å². The Labute approximate surface area is 679 Å².